The second-order valence-electron chi connectivity index (χ2n) is 6.69. The van der Waals surface area contributed by atoms with E-state index < -0.39 is 20.9 Å². The van der Waals surface area contributed by atoms with Crippen molar-refractivity contribution in [2.45, 2.75) is 20.9 Å². The van der Waals surface area contributed by atoms with E-state index in [1.165, 1.54) is 11.8 Å². The number of sulfone groups is 1. The molecule has 0 spiro atoms. The molecule has 0 radical (unpaired) electrons. The van der Waals surface area contributed by atoms with Gasteiger partial charge < -0.3 is 0 Å². The Kier molecular flexibility index (Phi) is 5.98. The van der Waals surface area contributed by atoms with E-state index in [0.717, 1.165) is 29.8 Å². The highest BCUT2D eigenvalue weighted by molar-refractivity contribution is 7.98. The van der Waals surface area contributed by atoms with Crippen molar-refractivity contribution in [1.82, 2.24) is 9.97 Å². The smallest absolute Gasteiger partial charge is 0.200 e. The summed E-state index contributed by atoms with van der Waals surface area (Å²) in [6.45, 7) is 0. The summed E-state index contributed by atoms with van der Waals surface area (Å²) in [5, 5.41) is 8.63. The highest BCUT2D eigenvalue weighted by atomic mass is 32.2. The zero-order valence-corrected chi connectivity index (χ0v) is 17.8. The van der Waals surface area contributed by atoms with E-state index in [0.29, 0.717) is 21.8 Å². The number of rotatable bonds is 6. The van der Waals surface area contributed by atoms with E-state index >= 15 is 0 Å². The molecular weight excluding hydrogens is 433 g/mol. The molecule has 0 bridgehead atoms. The Morgan fingerprint density at radius 1 is 0.903 bits per heavy atom. The maximum atomic E-state index is 13.3. The number of benzene rings is 3. The van der Waals surface area contributed by atoms with E-state index in [-0.39, 0.29) is 10.6 Å². The maximum Gasteiger partial charge on any atom is 0.200 e. The number of hydrogen-bond acceptors (Lipinski definition) is 6. The van der Waals surface area contributed by atoms with Gasteiger partial charge >= 0.3 is 0 Å². The van der Waals surface area contributed by atoms with Gasteiger partial charge in [-0.1, -0.05) is 54.2 Å². The van der Waals surface area contributed by atoms with Gasteiger partial charge in [-0.15, -0.1) is 0 Å². The number of para-hydroxylation sites is 2. The number of aromatic nitrogens is 2. The predicted octanol–water partition coefficient (Wildman–Crippen LogP) is 5.10. The average Bonchev–Trinajstić information content (AvgIpc) is 2.79. The Labute approximate surface area is 183 Å². The molecule has 0 N–H and O–H groups in total. The van der Waals surface area contributed by atoms with E-state index in [1.807, 2.05) is 42.5 Å². The van der Waals surface area contributed by atoms with E-state index in [9.17, 15) is 18.1 Å². The predicted molar refractivity (Wildman–Crippen MR) is 117 cm³/mol. The third kappa shape index (κ3) is 4.43. The van der Waals surface area contributed by atoms with Crippen LogP contribution in [-0.4, -0.2) is 18.4 Å². The van der Waals surface area contributed by atoms with Crippen molar-refractivity contribution in [3.05, 3.63) is 95.9 Å². The first kappa shape index (κ1) is 21.0. The summed E-state index contributed by atoms with van der Waals surface area (Å²) in [5.74, 6) is -0.0210. The Morgan fingerprint density at radius 3 is 2.16 bits per heavy atom. The molecule has 0 saturated carbocycles. The van der Waals surface area contributed by atoms with E-state index in [2.05, 4.69) is 9.97 Å². The highest BCUT2D eigenvalue weighted by Crippen LogP contribution is 2.35. The van der Waals surface area contributed by atoms with Gasteiger partial charge in [-0.2, -0.15) is 5.26 Å². The molecule has 1 heterocycles. The number of halogens is 1. The monoisotopic (exact) mass is 449 g/mol. The first-order chi connectivity index (χ1) is 15.0. The van der Waals surface area contributed by atoms with Gasteiger partial charge in [-0.25, -0.2) is 22.8 Å². The molecule has 0 aliphatic rings. The van der Waals surface area contributed by atoms with Crippen LogP contribution in [0.4, 0.5) is 4.39 Å². The number of fused-ring (bicyclic) bond motifs is 1. The molecule has 0 fully saturated rings. The van der Waals surface area contributed by atoms with Gasteiger partial charge in [0.2, 0.25) is 9.84 Å². The SMILES string of the molecule is N#CC(c1nc2ccccc2nc1SCc1ccccc1)S(=O)(=O)c1ccc(F)cc1. The van der Waals surface area contributed by atoms with E-state index in [1.54, 1.807) is 18.2 Å². The molecule has 1 aromatic heterocycles. The second kappa shape index (κ2) is 8.84. The number of nitriles is 1. The fraction of sp³-hybridized carbons (Fsp3) is 0.0870. The van der Waals surface area contributed by atoms with Gasteiger partial charge in [0.15, 0.2) is 5.25 Å². The third-order valence-electron chi connectivity index (χ3n) is 4.60. The van der Waals surface area contributed by atoms with Crippen LogP contribution in [-0.2, 0) is 15.6 Å². The number of hydrogen-bond donors (Lipinski definition) is 0. The molecule has 31 heavy (non-hydrogen) atoms. The second-order valence-corrected chi connectivity index (χ2v) is 9.68. The van der Waals surface area contributed by atoms with E-state index in [4.69, 9.17) is 0 Å². The molecule has 4 rings (SSSR count). The van der Waals surface area contributed by atoms with Crippen molar-refractivity contribution < 1.29 is 12.8 Å². The lowest BCUT2D eigenvalue weighted by Gasteiger charge is -2.15. The molecule has 4 aromatic rings. The lowest BCUT2D eigenvalue weighted by atomic mass is 10.2. The summed E-state index contributed by atoms with van der Waals surface area (Å²) in [6.07, 6.45) is 0. The minimum atomic E-state index is -4.14. The molecule has 154 valence electrons. The van der Waals surface area contributed by atoms with Crippen LogP contribution in [0.25, 0.3) is 11.0 Å². The summed E-state index contributed by atoms with van der Waals surface area (Å²) in [6, 6.07) is 23.0. The minimum absolute atomic E-state index is 0.0754. The lowest BCUT2D eigenvalue weighted by Crippen LogP contribution is -2.15. The van der Waals surface area contributed by atoms with Crippen LogP contribution in [0.3, 0.4) is 0 Å². The zero-order valence-electron chi connectivity index (χ0n) is 16.1. The first-order valence-corrected chi connectivity index (χ1v) is 11.8. The summed E-state index contributed by atoms with van der Waals surface area (Å²) < 4.78 is 39.7. The molecule has 1 unspecified atom stereocenters. The van der Waals surface area contributed by atoms with Crippen molar-refractivity contribution in [3.8, 4) is 6.07 Å². The molecule has 0 saturated heterocycles. The Bertz CT molecular complexity index is 1370. The van der Waals surface area contributed by atoms with Crippen molar-refractivity contribution in [2.75, 3.05) is 0 Å². The van der Waals surface area contributed by atoms with Gasteiger partial charge in [0.05, 0.1) is 22.0 Å². The topological polar surface area (TPSA) is 83.7 Å². The molecule has 0 aliphatic heterocycles. The Balaban J connectivity index is 1.81. The van der Waals surface area contributed by atoms with Gasteiger partial charge in [0.1, 0.15) is 16.5 Å². The van der Waals surface area contributed by atoms with Gasteiger partial charge in [0, 0.05) is 5.75 Å². The summed E-state index contributed by atoms with van der Waals surface area (Å²) >= 11 is 1.32. The van der Waals surface area contributed by atoms with Crippen molar-refractivity contribution in [2.24, 2.45) is 0 Å². The molecule has 5 nitrogen and oxygen atoms in total. The van der Waals surface area contributed by atoms with Crippen molar-refractivity contribution >= 4 is 32.6 Å². The van der Waals surface area contributed by atoms with Crippen LogP contribution >= 0.6 is 11.8 Å². The minimum Gasteiger partial charge on any atom is -0.246 e. The van der Waals surface area contributed by atoms with Gasteiger partial charge in [-0.05, 0) is 42.0 Å². The van der Waals surface area contributed by atoms with Crippen LogP contribution in [0, 0.1) is 17.1 Å². The standard InChI is InChI=1S/C23H16FN3O2S2/c24-17-10-12-18(13-11-17)31(28,29)21(14-25)22-23(30-15-16-6-2-1-3-7-16)27-20-9-5-4-8-19(20)26-22/h1-13,21H,15H2. The summed E-state index contributed by atoms with van der Waals surface area (Å²) in [7, 11) is -4.14. The van der Waals surface area contributed by atoms with Crippen molar-refractivity contribution in [1.29, 1.82) is 5.26 Å². The first-order valence-electron chi connectivity index (χ1n) is 9.31. The van der Waals surface area contributed by atoms with Crippen LogP contribution in [0.5, 0.6) is 0 Å². The quantitative estimate of drug-likeness (QED) is 0.301. The zero-order chi connectivity index (χ0) is 21.8. The number of nitrogens with zero attached hydrogens (tertiary/aromatic N) is 3. The van der Waals surface area contributed by atoms with Crippen LogP contribution in [0.1, 0.15) is 16.5 Å². The molecule has 1 atom stereocenters. The maximum absolute atomic E-state index is 13.3. The van der Waals surface area contributed by atoms with Crippen LogP contribution in [0.2, 0.25) is 0 Å². The summed E-state index contributed by atoms with van der Waals surface area (Å²) in [4.78, 5) is 8.97. The van der Waals surface area contributed by atoms with Crippen LogP contribution < -0.4 is 0 Å². The highest BCUT2D eigenvalue weighted by Gasteiger charge is 2.33. The lowest BCUT2D eigenvalue weighted by molar-refractivity contribution is 0.588. The molecule has 3 aromatic carbocycles. The Morgan fingerprint density at radius 2 is 1.52 bits per heavy atom. The fourth-order valence-electron chi connectivity index (χ4n) is 3.04. The molecule has 8 heteroatoms. The molecular formula is C23H16FN3O2S2. The van der Waals surface area contributed by atoms with Gasteiger partial charge in [-0.3, -0.25) is 0 Å². The average molecular weight is 450 g/mol. The van der Waals surface area contributed by atoms with Crippen molar-refractivity contribution in [3.63, 3.8) is 0 Å². The fourth-order valence-corrected chi connectivity index (χ4v) is 5.47. The van der Waals surface area contributed by atoms with Crippen LogP contribution in [0.15, 0.2) is 88.8 Å². The molecule has 0 aliphatic carbocycles. The normalized spacial score (nSPS) is 12.4. The largest absolute Gasteiger partial charge is 0.246 e. The summed E-state index contributed by atoms with van der Waals surface area (Å²) in [5.41, 5.74) is 2.21. The van der Waals surface area contributed by atoms with Gasteiger partial charge in [0.25, 0.3) is 0 Å². The third-order valence-corrected chi connectivity index (χ3v) is 7.53. The number of thioether (sulfide) groups is 1. The molecule has 0 amide bonds. The Hall–Kier alpha value is -3.28.